The van der Waals surface area contributed by atoms with Crippen molar-refractivity contribution in [3.05, 3.63) is 0 Å². The number of amides is 2. The van der Waals surface area contributed by atoms with Crippen molar-refractivity contribution in [3.63, 3.8) is 0 Å². The lowest BCUT2D eigenvalue weighted by molar-refractivity contribution is -0.126. The van der Waals surface area contributed by atoms with Crippen molar-refractivity contribution in [2.45, 2.75) is 56.5 Å². The molecule has 0 aromatic rings. The van der Waals surface area contributed by atoms with Gasteiger partial charge in [0.15, 0.2) is 0 Å². The summed E-state index contributed by atoms with van der Waals surface area (Å²) in [6.45, 7) is 8.26. The van der Waals surface area contributed by atoms with E-state index in [4.69, 9.17) is 27.9 Å². The minimum atomic E-state index is -0.972. The average Bonchev–Trinajstić information content (AvgIpc) is 2.70. The quantitative estimate of drug-likeness (QED) is 0.788. The summed E-state index contributed by atoms with van der Waals surface area (Å²) >= 11 is 12.0. The van der Waals surface area contributed by atoms with Crippen LogP contribution in [0.1, 0.15) is 40.5 Å². The van der Waals surface area contributed by atoms with Crippen molar-refractivity contribution >= 4 is 35.2 Å². The molecule has 2 fully saturated rings. The van der Waals surface area contributed by atoms with E-state index in [2.05, 4.69) is 5.32 Å². The maximum Gasteiger partial charge on any atom is 0.410 e. The number of ether oxygens (including phenoxy) is 1. The predicted octanol–water partition coefficient (Wildman–Crippen LogP) is 2.70. The van der Waals surface area contributed by atoms with E-state index in [1.165, 1.54) is 0 Å². The molecule has 1 saturated carbocycles. The van der Waals surface area contributed by atoms with Gasteiger partial charge in [-0.1, -0.05) is 0 Å². The summed E-state index contributed by atoms with van der Waals surface area (Å²) in [5.74, 6) is -0.150. The van der Waals surface area contributed by atoms with Gasteiger partial charge in [-0.25, -0.2) is 4.79 Å². The molecule has 21 heavy (non-hydrogen) atoms. The molecule has 1 aliphatic carbocycles. The van der Waals surface area contributed by atoms with Crippen molar-refractivity contribution in [2.24, 2.45) is 5.41 Å². The Morgan fingerprint density at radius 1 is 1.33 bits per heavy atom. The first-order valence-corrected chi connectivity index (χ1v) is 7.87. The smallest absolute Gasteiger partial charge is 0.410 e. The Morgan fingerprint density at radius 2 is 1.90 bits per heavy atom. The van der Waals surface area contributed by atoms with Crippen LogP contribution in [0.25, 0.3) is 0 Å². The summed E-state index contributed by atoms with van der Waals surface area (Å²) in [6.07, 6.45) is 0.816. The van der Waals surface area contributed by atoms with Crippen molar-refractivity contribution in [1.29, 1.82) is 0 Å². The lowest BCUT2D eigenvalue weighted by atomic mass is 10.1. The number of carbonyl (C=O) groups is 2. The van der Waals surface area contributed by atoms with Crippen LogP contribution in [0.3, 0.4) is 0 Å². The first-order valence-electron chi connectivity index (χ1n) is 7.11. The normalized spacial score (nSPS) is 31.0. The van der Waals surface area contributed by atoms with Gasteiger partial charge < -0.3 is 15.0 Å². The van der Waals surface area contributed by atoms with Crippen LogP contribution in [-0.4, -0.2) is 46.0 Å². The third kappa shape index (κ3) is 3.57. The topological polar surface area (TPSA) is 58.6 Å². The molecule has 2 amide bonds. The number of likely N-dealkylation sites (tertiary alicyclic amines) is 1. The lowest BCUT2D eigenvalue weighted by Crippen LogP contribution is -2.43. The first-order chi connectivity index (χ1) is 9.45. The lowest BCUT2D eigenvalue weighted by Gasteiger charge is -2.24. The van der Waals surface area contributed by atoms with Gasteiger partial charge in [0.2, 0.25) is 5.91 Å². The minimum Gasteiger partial charge on any atom is -0.444 e. The van der Waals surface area contributed by atoms with Crippen LogP contribution in [0.15, 0.2) is 0 Å². The van der Waals surface area contributed by atoms with Crippen molar-refractivity contribution in [2.75, 3.05) is 13.1 Å². The molecule has 1 aliphatic heterocycles. The predicted molar refractivity (Wildman–Crippen MR) is 81.5 cm³/mol. The van der Waals surface area contributed by atoms with Gasteiger partial charge in [-0.3, -0.25) is 4.79 Å². The highest BCUT2D eigenvalue weighted by Crippen LogP contribution is 2.63. The number of nitrogens with zero attached hydrogens (tertiary/aromatic N) is 1. The standard InChI is InChI=1S/C14H22Cl2N2O3/c1-12(2,3)21-11(20)18-6-5-9(7-18)17-10(19)13(4)8-14(13,15)16/h9H,5-8H2,1-4H3,(H,17,19)/t9-,13+/m1/s1. The van der Waals surface area contributed by atoms with E-state index in [0.29, 0.717) is 25.9 Å². The van der Waals surface area contributed by atoms with Crippen LogP contribution in [-0.2, 0) is 9.53 Å². The Morgan fingerprint density at radius 3 is 2.38 bits per heavy atom. The molecule has 1 N–H and O–H groups in total. The summed E-state index contributed by atoms with van der Waals surface area (Å²) in [4.78, 5) is 25.8. The maximum absolute atomic E-state index is 12.2. The molecule has 0 bridgehead atoms. The molecule has 2 rings (SSSR count). The molecule has 120 valence electrons. The highest BCUT2D eigenvalue weighted by atomic mass is 35.5. The Bertz CT molecular complexity index is 462. The molecular formula is C14H22Cl2N2O3. The highest BCUT2D eigenvalue weighted by molar-refractivity contribution is 6.53. The Kier molecular flexibility index (Phi) is 4.13. The molecule has 0 unspecified atom stereocenters. The van der Waals surface area contributed by atoms with Gasteiger partial charge >= 0.3 is 6.09 Å². The molecule has 7 heteroatoms. The molecule has 2 aliphatic rings. The molecular weight excluding hydrogens is 315 g/mol. The molecule has 0 radical (unpaired) electrons. The number of hydrogen-bond acceptors (Lipinski definition) is 3. The Balaban J connectivity index is 1.84. The van der Waals surface area contributed by atoms with Crippen LogP contribution in [0.5, 0.6) is 0 Å². The summed E-state index contributed by atoms with van der Waals surface area (Å²) in [5.41, 5.74) is -1.24. The van der Waals surface area contributed by atoms with Gasteiger partial charge in [0.1, 0.15) is 9.93 Å². The molecule has 1 heterocycles. The van der Waals surface area contributed by atoms with Gasteiger partial charge in [-0.05, 0) is 40.5 Å². The van der Waals surface area contributed by atoms with Gasteiger partial charge in [-0.15, -0.1) is 23.2 Å². The molecule has 0 aromatic carbocycles. The van der Waals surface area contributed by atoms with Gasteiger partial charge in [0, 0.05) is 19.1 Å². The second kappa shape index (κ2) is 5.20. The highest BCUT2D eigenvalue weighted by Gasteiger charge is 2.68. The van der Waals surface area contributed by atoms with E-state index < -0.39 is 15.3 Å². The number of rotatable bonds is 2. The fourth-order valence-corrected chi connectivity index (χ4v) is 3.07. The monoisotopic (exact) mass is 336 g/mol. The Labute approximate surface area is 135 Å². The number of carbonyl (C=O) groups excluding carboxylic acids is 2. The maximum atomic E-state index is 12.2. The van der Waals surface area contributed by atoms with Gasteiger partial charge in [0.25, 0.3) is 0 Å². The zero-order valence-corrected chi connectivity index (χ0v) is 14.3. The van der Waals surface area contributed by atoms with Crippen LogP contribution in [0.4, 0.5) is 4.79 Å². The van der Waals surface area contributed by atoms with Gasteiger partial charge in [0.05, 0.1) is 5.41 Å². The van der Waals surface area contributed by atoms with E-state index in [1.807, 2.05) is 20.8 Å². The number of hydrogen-bond donors (Lipinski definition) is 1. The number of nitrogens with one attached hydrogen (secondary N) is 1. The van der Waals surface area contributed by atoms with Gasteiger partial charge in [-0.2, -0.15) is 0 Å². The van der Waals surface area contributed by atoms with Crippen molar-refractivity contribution < 1.29 is 14.3 Å². The van der Waals surface area contributed by atoms with E-state index in [-0.39, 0.29) is 18.0 Å². The summed E-state index contributed by atoms with van der Waals surface area (Å²) in [6, 6.07) is -0.0772. The van der Waals surface area contributed by atoms with Crippen molar-refractivity contribution in [1.82, 2.24) is 10.2 Å². The molecule has 0 spiro atoms. The fourth-order valence-electron chi connectivity index (χ4n) is 2.36. The van der Waals surface area contributed by atoms with E-state index in [1.54, 1.807) is 11.8 Å². The molecule has 1 saturated heterocycles. The molecule has 5 nitrogen and oxygen atoms in total. The second-order valence-electron chi connectivity index (χ2n) is 7.10. The number of halogens is 2. The third-order valence-corrected chi connectivity index (χ3v) is 5.04. The summed E-state index contributed by atoms with van der Waals surface area (Å²) in [7, 11) is 0. The summed E-state index contributed by atoms with van der Waals surface area (Å²) in [5, 5.41) is 2.93. The van der Waals surface area contributed by atoms with E-state index >= 15 is 0 Å². The SMILES string of the molecule is CC(C)(C)OC(=O)N1CC[C@@H](NC(=O)[C@]2(C)CC2(Cl)Cl)C1. The van der Waals surface area contributed by atoms with E-state index in [9.17, 15) is 9.59 Å². The Hall–Kier alpha value is -0.680. The fraction of sp³-hybridized carbons (Fsp3) is 0.857. The summed E-state index contributed by atoms with van der Waals surface area (Å²) < 4.78 is 4.35. The van der Waals surface area contributed by atoms with Crippen LogP contribution in [0, 0.1) is 5.41 Å². The largest absolute Gasteiger partial charge is 0.444 e. The van der Waals surface area contributed by atoms with Crippen molar-refractivity contribution in [3.8, 4) is 0 Å². The molecule has 2 atom stereocenters. The minimum absolute atomic E-state index is 0.0772. The van der Waals surface area contributed by atoms with E-state index in [0.717, 1.165) is 0 Å². The third-order valence-electron chi connectivity index (χ3n) is 3.93. The zero-order valence-electron chi connectivity index (χ0n) is 12.8. The first kappa shape index (κ1) is 16.7. The second-order valence-corrected chi connectivity index (χ2v) is 8.58. The number of alkyl halides is 2. The van der Waals surface area contributed by atoms with Crippen LogP contribution >= 0.6 is 23.2 Å². The molecule has 0 aromatic heterocycles. The van der Waals surface area contributed by atoms with Crippen LogP contribution < -0.4 is 5.32 Å². The van der Waals surface area contributed by atoms with Crippen LogP contribution in [0.2, 0.25) is 0 Å². The zero-order chi connectivity index (χ0) is 16.1. The average molecular weight is 337 g/mol.